The molecular weight excluding hydrogens is 596 g/mol. The van der Waals surface area contributed by atoms with Gasteiger partial charge in [0.05, 0.1) is 22.4 Å². The van der Waals surface area contributed by atoms with E-state index in [4.69, 9.17) is 8.83 Å². The molecule has 10 aromatic rings. The minimum Gasteiger partial charge on any atom is -0.471 e. The molecule has 1 aliphatic heterocycles. The summed E-state index contributed by atoms with van der Waals surface area (Å²) in [6, 6.07) is 58.7. The molecule has 0 amide bonds. The number of rotatable bonds is 3. The maximum atomic E-state index is 6.94. The molecule has 0 radical (unpaired) electrons. The number of hydrogen-bond donors (Lipinski definition) is 0. The predicted octanol–water partition coefficient (Wildman–Crippen LogP) is 6.78. The average Bonchev–Trinajstić information content (AvgIpc) is 3.84. The smallest absolute Gasteiger partial charge is 0.290 e. The number of aromatic nitrogens is 1. The zero-order valence-corrected chi connectivity index (χ0v) is 26.5. The Morgan fingerprint density at radius 3 is 1.47 bits per heavy atom. The third kappa shape index (κ3) is 3.81. The van der Waals surface area contributed by atoms with E-state index in [0.29, 0.717) is 0 Å². The Morgan fingerprint density at radius 1 is 0.388 bits per heavy atom. The number of benzene rings is 7. The summed E-state index contributed by atoms with van der Waals surface area (Å²) in [6.07, 6.45) is 0. The highest BCUT2D eigenvalue weighted by molar-refractivity contribution is 7.12. The van der Waals surface area contributed by atoms with Gasteiger partial charge in [-0.3, -0.25) is 0 Å². The lowest BCUT2D eigenvalue weighted by atomic mass is 9.24. The van der Waals surface area contributed by atoms with Crippen molar-refractivity contribution in [3.63, 3.8) is 0 Å². The minimum atomic E-state index is -0.134. The van der Waals surface area contributed by atoms with Gasteiger partial charge in [-0.1, -0.05) is 138 Å². The summed E-state index contributed by atoms with van der Waals surface area (Å²) in [4.78, 5) is 0. The van der Waals surface area contributed by atoms with Gasteiger partial charge in [0.1, 0.15) is 11.2 Å². The van der Waals surface area contributed by atoms with E-state index in [0.717, 1.165) is 38.9 Å². The zero-order valence-electron chi connectivity index (χ0n) is 26.5. The lowest BCUT2D eigenvalue weighted by molar-refractivity contribution is 0.647. The molecule has 1 aliphatic rings. The molecule has 3 aromatic heterocycles. The molecule has 0 atom stereocenters. The molecule has 0 unspecified atom stereocenters. The Kier molecular flexibility index (Phi) is 5.56. The van der Waals surface area contributed by atoms with Gasteiger partial charge in [0.2, 0.25) is 0 Å². The van der Waals surface area contributed by atoms with E-state index in [1.807, 2.05) is 0 Å². The molecule has 0 spiro atoms. The van der Waals surface area contributed by atoms with Crippen LogP contribution in [0.25, 0.3) is 60.2 Å². The molecule has 0 bridgehead atoms. The van der Waals surface area contributed by atoms with Crippen LogP contribution in [0, 0.1) is 0 Å². The van der Waals surface area contributed by atoms with E-state index < -0.39 is 0 Å². The quantitative estimate of drug-likeness (QED) is 0.204. The van der Waals surface area contributed by atoms with E-state index in [-0.39, 0.29) is 13.4 Å². The normalized spacial score (nSPS) is 12.8. The minimum absolute atomic E-state index is 0.112. The van der Waals surface area contributed by atoms with E-state index >= 15 is 0 Å². The van der Waals surface area contributed by atoms with Crippen LogP contribution in [0.2, 0.25) is 0 Å². The summed E-state index contributed by atoms with van der Waals surface area (Å²) in [5, 5.41) is 7.23. The summed E-state index contributed by atoms with van der Waals surface area (Å²) in [5.41, 5.74) is 12.1. The Bertz CT molecular complexity index is 2850. The Hall–Kier alpha value is -6.19. The Labute approximate surface area is 283 Å². The SMILES string of the molecule is c1ccc2cc(B3c4oc5ccccc5c4B(c4ccc(-n5c6ccccc6c6ccccc65)cc4)c4oc5ccccc5c43)ccc2c1. The largest absolute Gasteiger partial charge is 0.471 e. The summed E-state index contributed by atoms with van der Waals surface area (Å²) in [7, 11) is 0. The van der Waals surface area contributed by atoms with Crippen LogP contribution in [0.3, 0.4) is 0 Å². The van der Waals surface area contributed by atoms with Crippen LogP contribution in [-0.4, -0.2) is 18.0 Å². The van der Waals surface area contributed by atoms with Crippen molar-refractivity contribution in [1.82, 2.24) is 4.57 Å². The molecule has 7 aromatic carbocycles. The molecule has 0 fully saturated rings. The highest BCUT2D eigenvalue weighted by atomic mass is 16.3. The van der Waals surface area contributed by atoms with Crippen molar-refractivity contribution >= 4 is 101 Å². The van der Waals surface area contributed by atoms with Crippen LogP contribution in [-0.2, 0) is 0 Å². The lowest BCUT2D eigenvalue weighted by Gasteiger charge is -2.25. The van der Waals surface area contributed by atoms with Gasteiger partial charge in [0.25, 0.3) is 13.4 Å². The summed E-state index contributed by atoms with van der Waals surface area (Å²) in [6.45, 7) is -0.247. The first-order chi connectivity index (χ1) is 24.3. The highest BCUT2D eigenvalue weighted by Crippen LogP contribution is 2.31. The Balaban J connectivity index is 1.16. The fraction of sp³-hybridized carbons (Fsp3) is 0. The predicted molar refractivity (Wildman–Crippen MR) is 206 cm³/mol. The summed E-state index contributed by atoms with van der Waals surface area (Å²) >= 11 is 0. The van der Waals surface area contributed by atoms with Crippen molar-refractivity contribution in [3.05, 3.63) is 164 Å². The van der Waals surface area contributed by atoms with Crippen molar-refractivity contribution in [1.29, 1.82) is 0 Å². The lowest BCUT2D eigenvalue weighted by Crippen LogP contribution is -2.73. The molecular formula is C44H27B2NO2. The third-order valence-corrected chi connectivity index (χ3v) is 10.6. The van der Waals surface area contributed by atoms with Crippen molar-refractivity contribution in [2.45, 2.75) is 0 Å². The van der Waals surface area contributed by atoms with Gasteiger partial charge in [0.15, 0.2) is 0 Å². The molecule has 49 heavy (non-hydrogen) atoms. The molecule has 0 saturated heterocycles. The van der Waals surface area contributed by atoms with Gasteiger partial charge in [-0.15, -0.1) is 0 Å². The first-order valence-corrected chi connectivity index (χ1v) is 16.9. The van der Waals surface area contributed by atoms with Gasteiger partial charge in [-0.2, -0.15) is 0 Å². The third-order valence-electron chi connectivity index (χ3n) is 10.6. The van der Waals surface area contributed by atoms with Gasteiger partial charge < -0.3 is 13.4 Å². The maximum absolute atomic E-state index is 6.94. The van der Waals surface area contributed by atoms with E-state index in [9.17, 15) is 0 Å². The van der Waals surface area contributed by atoms with Crippen molar-refractivity contribution in [2.24, 2.45) is 0 Å². The summed E-state index contributed by atoms with van der Waals surface area (Å²) < 4.78 is 16.2. The highest BCUT2D eigenvalue weighted by Gasteiger charge is 2.46. The second-order valence-electron chi connectivity index (χ2n) is 13.2. The molecule has 5 heteroatoms. The number of fused-ring (bicyclic) bond motifs is 10. The first-order valence-electron chi connectivity index (χ1n) is 16.9. The second-order valence-corrected chi connectivity index (χ2v) is 13.2. The number of furan rings is 2. The number of nitrogens with zero attached hydrogens (tertiary/aromatic N) is 1. The molecule has 0 saturated carbocycles. The Morgan fingerprint density at radius 2 is 0.857 bits per heavy atom. The van der Waals surface area contributed by atoms with Crippen LogP contribution in [0.15, 0.2) is 173 Å². The molecule has 3 nitrogen and oxygen atoms in total. The summed E-state index contributed by atoms with van der Waals surface area (Å²) in [5.74, 6) is 0. The second kappa shape index (κ2) is 10.2. The van der Waals surface area contributed by atoms with Crippen LogP contribution in [0.1, 0.15) is 0 Å². The molecule has 0 N–H and O–H groups in total. The van der Waals surface area contributed by atoms with Gasteiger partial charge in [0, 0.05) is 27.2 Å². The van der Waals surface area contributed by atoms with Crippen LogP contribution >= 0.6 is 0 Å². The zero-order chi connectivity index (χ0) is 32.1. The molecule has 226 valence electrons. The van der Waals surface area contributed by atoms with Gasteiger partial charge >= 0.3 is 0 Å². The van der Waals surface area contributed by atoms with Gasteiger partial charge in [-0.05, 0) is 58.1 Å². The monoisotopic (exact) mass is 623 g/mol. The van der Waals surface area contributed by atoms with Crippen LogP contribution < -0.4 is 33.2 Å². The molecule has 4 heterocycles. The van der Waals surface area contributed by atoms with Crippen molar-refractivity contribution in [3.8, 4) is 5.69 Å². The van der Waals surface area contributed by atoms with Crippen LogP contribution in [0.5, 0.6) is 0 Å². The van der Waals surface area contributed by atoms with Crippen molar-refractivity contribution in [2.75, 3.05) is 0 Å². The number of para-hydroxylation sites is 4. The topological polar surface area (TPSA) is 31.2 Å². The maximum Gasteiger partial charge on any atom is 0.290 e. The average molecular weight is 623 g/mol. The fourth-order valence-electron chi connectivity index (χ4n) is 8.50. The standard InChI is InChI=1S/C44H27B2NO2/c1-2-12-29-27-31(22-21-28(29)11-1)46-42-36-16-6-10-20-40(36)48-43(42)45(41-35-15-5-9-19-39(35)49-44(41)46)30-23-25-32(26-24-30)47-37-17-7-3-13-33(37)34-14-4-8-18-38(34)47/h1-27H. The van der Waals surface area contributed by atoms with Crippen LogP contribution in [0.4, 0.5) is 0 Å². The van der Waals surface area contributed by atoms with E-state index in [1.54, 1.807) is 0 Å². The van der Waals surface area contributed by atoms with Gasteiger partial charge in [-0.25, -0.2) is 0 Å². The van der Waals surface area contributed by atoms with E-state index in [1.165, 1.54) is 54.4 Å². The first kappa shape index (κ1) is 26.8. The fourth-order valence-corrected chi connectivity index (χ4v) is 8.50. The molecule has 11 rings (SSSR count). The van der Waals surface area contributed by atoms with Crippen molar-refractivity contribution < 1.29 is 8.83 Å². The van der Waals surface area contributed by atoms with E-state index in [2.05, 4.69) is 168 Å². The molecule has 0 aliphatic carbocycles. The number of hydrogen-bond acceptors (Lipinski definition) is 2.